The van der Waals surface area contributed by atoms with Gasteiger partial charge in [0.15, 0.2) is 0 Å². The molecule has 3 heterocycles. The molecule has 3 aromatic rings. The molecule has 6 nitrogen and oxygen atoms in total. The van der Waals surface area contributed by atoms with Gasteiger partial charge in [0.05, 0.1) is 6.04 Å². The first-order valence-electron chi connectivity index (χ1n) is 8.38. The number of nitrogens with zero attached hydrogens (tertiary/aromatic N) is 3. The summed E-state index contributed by atoms with van der Waals surface area (Å²) in [6, 6.07) is 5.98. The first-order valence-corrected chi connectivity index (χ1v) is 8.38. The molecule has 1 N–H and O–H groups in total. The number of H-pyrrole nitrogens is 1. The van der Waals surface area contributed by atoms with Crippen molar-refractivity contribution in [1.29, 1.82) is 0 Å². The van der Waals surface area contributed by atoms with Crippen LogP contribution in [-0.4, -0.2) is 53.0 Å². The summed E-state index contributed by atoms with van der Waals surface area (Å²) in [5, 5.41) is 0.905. The van der Waals surface area contributed by atoms with Gasteiger partial charge in [0.25, 0.3) is 5.56 Å². The van der Waals surface area contributed by atoms with Gasteiger partial charge in [0.2, 0.25) is 5.58 Å². The third-order valence-corrected chi connectivity index (χ3v) is 4.98. The van der Waals surface area contributed by atoms with Crippen LogP contribution < -0.4 is 5.56 Å². The highest BCUT2D eigenvalue weighted by molar-refractivity contribution is 6.02. The van der Waals surface area contributed by atoms with E-state index in [4.69, 9.17) is 9.40 Å². The minimum absolute atomic E-state index is 0.0746. The zero-order valence-electron chi connectivity index (χ0n) is 14.3. The van der Waals surface area contributed by atoms with Gasteiger partial charge in [0, 0.05) is 31.6 Å². The van der Waals surface area contributed by atoms with Crippen LogP contribution in [0.5, 0.6) is 0 Å². The fourth-order valence-electron chi connectivity index (χ4n) is 3.36. The third kappa shape index (κ3) is 2.52. The van der Waals surface area contributed by atoms with Crippen molar-refractivity contribution < 1.29 is 4.42 Å². The zero-order valence-corrected chi connectivity index (χ0v) is 14.3. The maximum absolute atomic E-state index is 12.5. The molecule has 1 fully saturated rings. The van der Waals surface area contributed by atoms with Gasteiger partial charge >= 0.3 is 0 Å². The Morgan fingerprint density at radius 2 is 2.00 bits per heavy atom. The lowest BCUT2D eigenvalue weighted by atomic mass is 10.1. The van der Waals surface area contributed by atoms with Gasteiger partial charge in [-0.3, -0.25) is 9.69 Å². The van der Waals surface area contributed by atoms with Crippen LogP contribution in [0.2, 0.25) is 0 Å². The Labute approximate surface area is 140 Å². The van der Waals surface area contributed by atoms with Gasteiger partial charge in [-0.1, -0.05) is 11.6 Å². The number of aromatic nitrogens is 2. The summed E-state index contributed by atoms with van der Waals surface area (Å²) in [7, 11) is 2.13. The lowest BCUT2D eigenvalue weighted by Crippen LogP contribution is -2.45. The summed E-state index contributed by atoms with van der Waals surface area (Å²) in [4.78, 5) is 24.8. The Balaban J connectivity index is 1.80. The van der Waals surface area contributed by atoms with Gasteiger partial charge < -0.3 is 14.3 Å². The van der Waals surface area contributed by atoms with E-state index in [0.717, 1.165) is 37.1 Å². The van der Waals surface area contributed by atoms with E-state index in [9.17, 15) is 4.79 Å². The molecule has 2 aromatic heterocycles. The van der Waals surface area contributed by atoms with Crippen LogP contribution in [0.1, 0.15) is 24.4 Å². The quantitative estimate of drug-likeness (QED) is 0.783. The summed E-state index contributed by atoms with van der Waals surface area (Å²) in [5.74, 6) is 0.709. The molecule has 1 aliphatic rings. The number of aromatic amines is 1. The Morgan fingerprint density at radius 1 is 1.25 bits per heavy atom. The van der Waals surface area contributed by atoms with Gasteiger partial charge in [-0.15, -0.1) is 0 Å². The standard InChI is InChI=1S/C18H22N4O2/c1-11-4-5-14-13(10-11)15-16(24-14)18(23)20-17(19-15)12(2)22-8-6-21(3)7-9-22/h4-5,10,12H,6-9H2,1-3H3,(H,19,20,23). The molecule has 4 rings (SSSR count). The second kappa shape index (κ2) is 5.72. The monoisotopic (exact) mass is 326 g/mol. The molecular weight excluding hydrogens is 304 g/mol. The molecule has 1 aliphatic heterocycles. The first-order chi connectivity index (χ1) is 11.5. The number of rotatable bonds is 2. The minimum Gasteiger partial charge on any atom is -0.449 e. The average molecular weight is 326 g/mol. The number of benzene rings is 1. The molecule has 126 valence electrons. The highest BCUT2D eigenvalue weighted by atomic mass is 16.3. The molecular formula is C18H22N4O2. The van der Waals surface area contributed by atoms with Gasteiger partial charge in [-0.05, 0) is 33.0 Å². The molecule has 1 unspecified atom stereocenters. The smallest absolute Gasteiger partial charge is 0.294 e. The highest BCUT2D eigenvalue weighted by Crippen LogP contribution is 2.27. The van der Waals surface area contributed by atoms with E-state index in [2.05, 4.69) is 28.8 Å². The normalized spacial score (nSPS) is 18.5. The molecule has 0 bridgehead atoms. The number of piperazine rings is 1. The fourth-order valence-corrected chi connectivity index (χ4v) is 3.36. The first kappa shape index (κ1) is 15.4. The maximum atomic E-state index is 12.5. The molecule has 24 heavy (non-hydrogen) atoms. The summed E-state index contributed by atoms with van der Waals surface area (Å²) >= 11 is 0. The molecule has 1 saturated heterocycles. The van der Waals surface area contributed by atoms with Crippen molar-refractivity contribution in [3.05, 3.63) is 39.9 Å². The predicted octanol–water partition coefficient (Wildman–Crippen LogP) is 2.29. The van der Waals surface area contributed by atoms with E-state index >= 15 is 0 Å². The molecule has 0 radical (unpaired) electrons. The van der Waals surface area contributed by atoms with Gasteiger partial charge in [0.1, 0.15) is 16.9 Å². The van der Waals surface area contributed by atoms with Crippen LogP contribution in [0.4, 0.5) is 0 Å². The van der Waals surface area contributed by atoms with Crippen molar-refractivity contribution in [3.63, 3.8) is 0 Å². The van der Waals surface area contributed by atoms with Crippen molar-refractivity contribution >= 4 is 22.1 Å². The van der Waals surface area contributed by atoms with Crippen LogP contribution >= 0.6 is 0 Å². The van der Waals surface area contributed by atoms with Crippen LogP contribution in [0.15, 0.2) is 27.4 Å². The van der Waals surface area contributed by atoms with Crippen molar-refractivity contribution in [2.45, 2.75) is 19.9 Å². The minimum atomic E-state index is -0.204. The summed E-state index contributed by atoms with van der Waals surface area (Å²) < 4.78 is 5.71. The summed E-state index contributed by atoms with van der Waals surface area (Å²) in [6.45, 7) is 8.15. The fraction of sp³-hybridized carbons (Fsp3) is 0.444. The number of hydrogen-bond acceptors (Lipinski definition) is 5. The lowest BCUT2D eigenvalue weighted by molar-refractivity contribution is 0.115. The van der Waals surface area contributed by atoms with Gasteiger partial charge in [-0.2, -0.15) is 0 Å². The van der Waals surface area contributed by atoms with E-state index in [0.29, 0.717) is 22.5 Å². The SMILES string of the molecule is Cc1ccc2oc3c(=O)[nH]c(C(C)N4CCN(C)CC4)nc3c2c1. The molecule has 0 saturated carbocycles. The van der Waals surface area contributed by atoms with Crippen molar-refractivity contribution in [1.82, 2.24) is 19.8 Å². The van der Waals surface area contributed by atoms with E-state index in [1.165, 1.54) is 0 Å². The second-order valence-electron chi connectivity index (χ2n) is 6.75. The number of likely N-dealkylation sites (N-methyl/N-ethyl adjacent to an activating group) is 1. The van der Waals surface area contributed by atoms with Gasteiger partial charge in [-0.25, -0.2) is 4.98 Å². The van der Waals surface area contributed by atoms with Crippen molar-refractivity contribution in [2.24, 2.45) is 0 Å². The number of nitrogens with one attached hydrogen (secondary N) is 1. The average Bonchev–Trinajstić information content (AvgIpc) is 2.93. The summed E-state index contributed by atoms with van der Waals surface area (Å²) in [6.07, 6.45) is 0. The highest BCUT2D eigenvalue weighted by Gasteiger charge is 2.23. The topological polar surface area (TPSA) is 65.4 Å². The second-order valence-corrected chi connectivity index (χ2v) is 6.75. The summed E-state index contributed by atoms with van der Waals surface area (Å²) in [5.41, 5.74) is 2.60. The molecule has 0 spiro atoms. The largest absolute Gasteiger partial charge is 0.449 e. The predicted molar refractivity (Wildman–Crippen MR) is 94.4 cm³/mol. The number of furan rings is 1. The molecule has 0 aliphatic carbocycles. The molecule has 1 aromatic carbocycles. The third-order valence-electron chi connectivity index (χ3n) is 4.98. The Morgan fingerprint density at radius 3 is 2.75 bits per heavy atom. The Kier molecular flexibility index (Phi) is 3.66. The number of aryl methyl sites for hydroxylation is 1. The van der Waals surface area contributed by atoms with E-state index < -0.39 is 0 Å². The van der Waals surface area contributed by atoms with Crippen molar-refractivity contribution in [2.75, 3.05) is 33.2 Å². The number of fused-ring (bicyclic) bond motifs is 3. The molecule has 1 atom stereocenters. The van der Waals surface area contributed by atoms with Crippen molar-refractivity contribution in [3.8, 4) is 0 Å². The zero-order chi connectivity index (χ0) is 16.8. The van der Waals surface area contributed by atoms with Crippen LogP contribution in [0, 0.1) is 6.92 Å². The van der Waals surface area contributed by atoms with Crippen LogP contribution in [-0.2, 0) is 0 Å². The Hall–Kier alpha value is -2.18. The Bertz CT molecular complexity index is 951. The van der Waals surface area contributed by atoms with E-state index in [-0.39, 0.29) is 11.6 Å². The van der Waals surface area contributed by atoms with E-state index in [1.807, 2.05) is 25.1 Å². The number of hydrogen-bond donors (Lipinski definition) is 1. The molecule has 0 amide bonds. The van der Waals surface area contributed by atoms with Crippen LogP contribution in [0.3, 0.4) is 0 Å². The maximum Gasteiger partial charge on any atom is 0.294 e. The lowest BCUT2D eigenvalue weighted by Gasteiger charge is -2.35. The van der Waals surface area contributed by atoms with E-state index in [1.54, 1.807) is 0 Å². The van der Waals surface area contributed by atoms with Crippen LogP contribution in [0.25, 0.3) is 22.1 Å². The molecule has 6 heteroatoms.